The van der Waals surface area contributed by atoms with Gasteiger partial charge in [0.25, 0.3) is 17.6 Å². The molecule has 0 saturated heterocycles. The highest BCUT2D eigenvalue weighted by Gasteiger charge is 2.32. The van der Waals surface area contributed by atoms with Crippen molar-refractivity contribution < 1.29 is 18.8 Å². The zero-order valence-electron chi connectivity index (χ0n) is 17.1. The number of rotatable bonds is 4. The van der Waals surface area contributed by atoms with Gasteiger partial charge in [0.15, 0.2) is 0 Å². The number of nitrogens with zero attached hydrogens (tertiary/aromatic N) is 5. The average molecular weight is 430 g/mol. The van der Waals surface area contributed by atoms with Gasteiger partial charge in [0, 0.05) is 25.5 Å². The van der Waals surface area contributed by atoms with Crippen molar-refractivity contribution in [2.45, 2.75) is 12.5 Å². The Labute approximate surface area is 182 Å². The Morgan fingerprint density at radius 2 is 1.91 bits per heavy atom. The number of amides is 2. The van der Waals surface area contributed by atoms with Crippen LogP contribution in [0.4, 0.5) is 5.69 Å². The standard InChI is InChI=1S/C22H18N6O4/c1-28-17-10-14-15(24-8-7-23-14)11-18(17)31-12-16(22(28)30)25-21(29)20-26-19(32-27-20)9-13-5-3-2-4-6-13/h2-8,10-11,16H,9,12H2,1H3,(H,25,29)/t16-/m0/s1. The minimum Gasteiger partial charge on any atom is -0.489 e. The molecule has 2 aromatic carbocycles. The van der Waals surface area contributed by atoms with Gasteiger partial charge >= 0.3 is 0 Å². The van der Waals surface area contributed by atoms with Crippen LogP contribution in [0.5, 0.6) is 5.75 Å². The van der Waals surface area contributed by atoms with E-state index in [0.717, 1.165) is 5.56 Å². The monoisotopic (exact) mass is 430 g/mol. The smallest absolute Gasteiger partial charge is 0.293 e. The average Bonchev–Trinajstić information content (AvgIpc) is 3.25. The third-order valence-electron chi connectivity index (χ3n) is 5.12. The Morgan fingerprint density at radius 3 is 2.69 bits per heavy atom. The van der Waals surface area contributed by atoms with Crippen LogP contribution in [-0.2, 0) is 11.2 Å². The Balaban J connectivity index is 1.32. The summed E-state index contributed by atoms with van der Waals surface area (Å²) in [6.07, 6.45) is 3.56. The third kappa shape index (κ3) is 3.73. The van der Waals surface area contributed by atoms with Gasteiger partial charge in [-0.25, -0.2) is 0 Å². The van der Waals surface area contributed by atoms with Crippen LogP contribution >= 0.6 is 0 Å². The van der Waals surface area contributed by atoms with Crippen molar-refractivity contribution >= 4 is 28.5 Å². The Kier molecular flexibility index (Phi) is 4.94. The molecule has 0 bridgehead atoms. The molecule has 10 heteroatoms. The van der Waals surface area contributed by atoms with Crippen LogP contribution in [0.1, 0.15) is 22.1 Å². The lowest BCUT2D eigenvalue weighted by molar-refractivity contribution is -0.120. The number of carbonyl (C=O) groups is 2. The molecule has 0 aliphatic carbocycles. The Hall–Kier alpha value is -4.34. The van der Waals surface area contributed by atoms with Gasteiger partial charge in [-0.05, 0) is 11.6 Å². The molecule has 0 spiro atoms. The van der Waals surface area contributed by atoms with Gasteiger partial charge in [-0.1, -0.05) is 35.5 Å². The number of hydrogen-bond donors (Lipinski definition) is 1. The molecular formula is C22H18N6O4. The number of ether oxygens (including phenoxy) is 1. The predicted molar refractivity (Wildman–Crippen MR) is 113 cm³/mol. The van der Waals surface area contributed by atoms with Crippen LogP contribution in [0.15, 0.2) is 59.4 Å². The molecule has 0 radical (unpaired) electrons. The summed E-state index contributed by atoms with van der Waals surface area (Å²) in [5.74, 6) is -0.320. The summed E-state index contributed by atoms with van der Waals surface area (Å²) >= 11 is 0. The summed E-state index contributed by atoms with van der Waals surface area (Å²) in [5, 5.41) is 6.38. The lowest BCUT2D eigenvalue weighted by Crippen LogP contribution is -2.49. The van der Waals surface area contributed by atoms with Crippen molar-refractivity contribution in [2.75, 3.05) is 18.6 Å². The van der Waals surface area contributed by atoms with Crippen LogP contribution < -0.4 is 15.0 Å². The van der Waals surface area contributed by atoms with E-state index in [4.69, 9.17) is 9.26 Å². The van der Waals surface area contributed by atoms with Crippen LogP contribution in [-0.4, -0.2) is 51.6 Å². The molecule has 4 aromatic rings. The van der Waals surface area contributed by atoms with Crippen molar-refractivity contribution in [3.8, 4) is 5.75 Å². The number of carbonyl (C=O) groups excluding carboxylic acids is 2. The number of nitrogens with one attached hydrogen (secondary N) is 1. The summed E-state index contributed by atoms with van der Waals surface area (Å²) < 4.78 is 11.0. The summed E-state index contributed by atoms with van der Waals surface area (Å²) in [5.41, 5.74) is 2.80. The molecule has 3 heterocycles. The van der Waals surface area contributed by atoms with Crippen LogP contribution in [0.25, 0.3) is 11.0 Å². The zero-order valence-corrected chi connectivity index (χ0v) is 17.1. The number of aromatic nitrogens is 4. The highest BCUT2D eigenvalue weighted by Crippen LogP contribution is 2.33. The second-order valence-electron chi connectivity index (χ2n) is 7.27. The normalized spacial score (nSPS) is 15.7. The molecule has 0 unspecified atom stereocenters. The lowest BCUT2D eigenvalue weighted by Gasteiger charge is -2.20. The third-order valence-corrected chi connectivity index (χ3v) is 5.12. The van der Waals surface area contributed by atoms with Gasteiger partial charge in [0.1, 0.15) is 18.4 Å². The molecular weight excluding hydrogens is 412 g/mol. The van der Waals surface area contributed by atoms with Crippen molar-refractivity contribution in [3.63, 3.8) is 0 Å². The van der Waals surface area contributed by atoms with Gasteiger partial charge in [0.05, 0.1) is 23.1 Å². The molecule has 0 fully saturated rings. The highest BCUT2D eigenvalue weighted by molar-refractivity contribution is 6.03. The van der Waals surface area contributed by atoms with E-state index < -0.39 is 11.9 Å². The van der Waals surface area contributed by atoms with Crippen molar-refractivity contribution in [2.24, 2.45) is 0 Å². The van der Waals surface area contributed by atoms with Gasteiger partial charge in [-0.3, -0.25) is 19.6 Å². The van der Waals surface area contributed by atoms with E-state index in [2.05, 4.69) is 25.4 Å². The topological polar surface area (TPSA) is 123 Å². The molecule has 1 aliphatic rings. The van der Waals surface area contributed by atoms with Crippen LogP contribution in [0.3, 0.4) is 0 Å². The van der Waals surface area contributed by atoms with Gasteiger partial charge in [-0.15, -0.1) is 0 Å². The quantitative estimate of drug-likeness (QED) is 0.519. The lowest BCUT2D eigenvalue weighted by atomic mass is 10.1. The maximum atomic E-state index is 13.0. The fraction of sp³-hybridized carbons (Fsp3) is 0.182. The first-order chi connectivity index (χ1) is 15.6. The number of anilines is 1. The maximum absolute atomic E-state index is 13.0. The molecule has 32 heavy (non-hydrogen) atoms. The first-order valence-electron chi connectivity index (χ1n) is 9.91. The Morgan fingerprint density at radius 1 is 1.16 bits per heavy atom. The molecule has 1 atom stereocenters. The largest absolute Gasteiger partial charge is 0.489 e. The number of likely N-dealkylation sites (N-methyl/N-ethyl adjacent to an activating group) is 1. The second-order valence-corrected chi connectivity index (χ2v) is 7.27. The van der Waals surface area contributed by atoms with E-state index >= 15 is 0 Å². The van der Waals surface area contributed by atoms with E-state index in [1.165, 1.54) is 4.90 Å². The number of hydrogen-bond acceptors (Lipinski definition) is 8. The summed E-state index contributed by atoms with van der Waals surface area (Å²) in [7, 11) is 1.61. The van der Waals surface area contributed by atoms with Crippen molar-refractivity contribution in [3.05, 3.63) is 72.1 Å². The molecule has 5 rings (SSSR count). The van der Waals surface area contributed by atoms with E-state index in [1.807, 2.05) is 30.3 Å². The fourth-order valence-electron chi connectivity index (χ4n) is 3.47. The second kappa shape index (κ2) is 8.06. The molecule has 2 aromatic heterocycles. The number of fused-ring (bicyclic) bond motifs is 2. The van der Waals surface area contributed by atoms with E-state index in [0.29, 0.717) is 34.8 Å². The predicted octanol–water partition coefficient (Wildman–Crippen LogP) is 1.76. The van der Waals surface area contributed by atoms with Crippen molar-refractivity contribution in [1.82, 2.24) is 25.4 Å². The maximum Gasteiger partial charge on any atom is 0.293 e. The van der Waals surface area contributed by atoms with Gasteiger partial charge in [0.2, 0.25) is 5.89 Å². The SMILES string of the molecule is CN1C(=O)[C@@H](NC(=O)c2noc(Cc3ccccc3)n2)COc2cc3nccnc3cc21. The first kappa shape index (κ1) is 19.6. The summed E-state index contributed by atoms with van der Waals surface area (Å²) in [6.45, 7) is -0.0532. The van der Waals surface area contributed by atoms with Crippen molar-refractivity contribution in [1.29, 1.82) is 0 Å². The van der Waals surface area contributed by atoms with E-state index in [1.54, 1.807) is 31.6 Å². The molecule has 1 aliphatic heterocycles. The zero-order chi connectivity index (χ0) is 22.1. The molecule has 1 N–H and O–H groups in total. The Bertz CT molecular complexity index is 1310. The minimum absolute atomic E-state index is 0.0532. The molecule has 2 amide bonds. The highest BCUT2D eigenvalue weighted by atomic mass is 16.5. The fourth-order valence-corrected chi connectivity index (χ4v) is 3.47. The minimum atomic E-state index is -0.931. The summed E-state index contributed by atoms with van der Waals surface area (Å²) in [4.78, 5) is 39.8. The van der Waals surface area contributed by atoms with Gasteiger partial charge in [-0.2, -0.15) is 4.98 Å². The van der Waals surface area contributed by atoms with Crippen LogP contribution in [0.2, 0.25) is 0 Å². The molecule has 160 valence electrons. The first-order valence-corrected chi connectivity index (χ1v) is 9.91. The van der Waals surface area contributed by atoms with E-state index in [9.17, 15) is 9.59 Å². The van der Waals surface area contributed by atoms with Crippen LogP contribution in [0, 0.1) is 0 Å². The molecule has 10 nitrogen and oxygen atoms in total. The number of benzene rings is 2. The van der Waals surface area contributed by atoms with Gasteiger partial charge < -0.3 is 19.5 Å². The molecule has 0 saturated carbocycles. The van der Waals surface area contributed by atoms with E-state index in [-0.39, 0.29) is 18.3 Å². The summed E-state index contributed by atoms with van der Waals surface area (Å²) in [6, 6.07) is 12.1.